The van der Waals surface area contributed by atoms with Crippen molar-refractivity contribution in [1.82, 2.24) is 24.8 Å². The number of aryl methyl sites for hydroxylation is 1. The molecule has 2 fully saturated rings. The van der Waals surface area contributed by atoms with Gasteiger partial charge in [0.2, 0.25) is 5.95 Å². The molecule has 0 radical (unpaired) electrons. The van der Waals surface area contributed by atoms with Gasteiger partial charge in [-0.15, -0.1) is 0 Å². The molecule has 0 aliphatic carbocycles. The molecule has 2 saturated heterocycles. The summed E-state index contributed by atoms with van der Waals surface area (Å²) in [6.07, 6.45) is 3.44. The summed E-state index contributed by atoms with van der Waals surface area (Å²) >= 11 is 6.96. The Balaban J connectivity index is 1.56. The Hall–Kier alpha value is -3.86. The van der Waals surface area contributed by atoms with Crippen molar-refractivity contribution in [2.75, 3.05) is 25.0 Å². The first kappa shape index (κ1) is 28.7. The van der Waals surface area contributed by atoms with Gasteiger partial charge in [0.1, 0.15) is 16.4 Å². The third kappa shape index (κ3) is 6.40. The van der Waals surface area contributed by atoms with Crippen molar-refractivity contribution >= 4 is 46.5 Å². The van der Waals surface area contributed by atoms with Crippen LogP contribution in [0.3, 0.4) is 0 Å². The molecule has 0 bridgehead atoms. The van der Waals surface area contributed by atoms with Crippen LogP contribution in [0.1, 0.15) is 68.5 Å². The fourth-order valence-corrected chi connectivity index (χ4v) is 5.48. The number of hydrogen-bond donors (Lipinski definition) is 2. The van der Waals surface area contributed by atoms with Crippen LogP contribution in [0.2, 0.25) is 5.02 Å². The first-order valence-electron chi connectivity index (χ1n) is 13.9. The standard InChI is InChI=1S/C29H35ClN6O5/c1-17-15-18(10-12-31-17)25(37)34-27-33-20-8-9-21(40-22-11-13-32-26(22)38)23(30)24(20)36(27)19-7-5-6-14-35(16-19)28(39)41-29(2,3)4/h8-10,12,15,19,22H,5-7,11,13-14,16H2,1-4H3,(H,32,38)(H,33,34,37)/t19-,22?/m1/s1. The Labute approximate surface area is 243 Å². The van der Waals surface area contributed by atoms with Gasteiger partial charge in [-0.05, 0) is 71.2 Å². The number of fused-ring (bicyclic) bond motifs is 1. The molecule has 11 nitrogen and oxygen atoms in total. The molecule has 218 valence electrons. The number of hydrogen-bond acceptors (Lipinski definition) is 7. The fraction of sp³-hybridized carbons (Fsp3) is 0.483. The lowest BCUT2D eigenvalue weighted by molar-refractivity contribution is -0.124. The molecular formula is C29H35ClN6O5. The van der Waals surface area contributed by atoms with Crippen molar-refractivity contribution in [2.45, 2.75) is 71.1 Å². The van der Waals surface area contributed by atoms with E-state index in [0.717, 1.165) is 12.8 Å². The monoisotopic (exact) mass is 582 g/mol. The van der Waals surface area contributed by atoms with Gasteiger partial charge >= 0.3 is 6.09 Å². The van der Waals surface area contributed by atoms with E-state index in [1.807, 2.05) is 32.3 Å². The molecule has 3 aromatic rings. The minimum atomic E-state index is -0.643. The molecule has 0 saturated carbocycles. The molecule has 41 heavy (non-hydrogen) atoms. The van der Waals surface area contributed by atoms with E-state index < -0.39 is 17.8 Å². The van der Waals surface area contributed by atoms with E-state index in [0.29, 0.717) is 66.5 Å². The van der Waals surface area contributed by atoms with Crippen molar-refractivity contribution in [1.29, 1.82) is 0 Å². The second-order valence-corrected chi connectivity index (χ2v) is 11.8. The van der Waals surface area contributed by atoms with E-state index >= 15 is 0 Å². The van der Waals surface area contributed by atoms with Gasteiger partial charge in [0.05, 0.1) is 17.1 Å². The van der Waals surface area contributed by atoms with E-state index in [1.165, 1.54) is 0 Å². The molecule has 1 aromatic carbocycles. The van der Waals surface area contributed by atoms with Crippen molar-refractivity contribution in [3.8, 4) is 5.75 Å². The lowest BCUT2D eigenvalue weighted by Gasteiger charge is -2.29. The molecule has 3 amide bonds. The minimum absolute atomic E-state index is 0.188. The highest BCUT2D eigenvalue weighted by atomic mass is 35.5. The van der Waals surface area contributed by atoms with E-state index in [2.05, 4.69) is 15.6 Å². The van der Waals surface area contributed by atoms with Crippen LogP contribution in [-0.4, -0.2) is 68.7 Å². The number of carbonyl (C=O) groups excluding carboxylic acids is 3. The summed E-state index contributed by atoms with van der Waals surface area (Å²) in [5.74, 6) is 0.114. The highest BCUT2D eigenvalue weighted by Gasteiger charge is 2.32. The lowest BCUT2D eigenvalue weighted by atomic mass is 10.1. The van der Waals surface area contributed by atoms with Crippen LogP contribution < -0.4 is 15.4 Å². The predicted octanol–water partition coefficient (Wildman–Crippen LogP) is 4.87. The molecule has 1 unspecified atom stereocenters. The van der Waals surface area contributed by atoms with Crippen LogP contribution in [0.5, 0.6) is 5.75 Å². The smallest absolute Gasteiger partial charge is 0.410 e. The molecule has 2 atom stereocenters. The number of aromatic nitrogens is 3. The topological polar surface area (TPSA) is 128 Å². The maximum atomic E-state index is 13.3. The zero-order valence-electron chi connectivity index (χ0n) is 23.7. The number of benzene rings is 1. The molecule has 2 N–H and O–H groups in total. The number of halogens is 1. The second kappa shape index (κ2) is 11.6. The average Bonchev–Trinajstić information content (AvgIpc) is 3.38. The van der Waals surface area contributed by atoms with Crippen LogP contribution >= 0.6 is 11.6 Å². The molecule has 2 aromatic heterocycles. The lowest BCUT2D eigenvalue weighted by Crippen LogP contribution is -2.39. The van der Waals surface area contributed by atoms with Crippen LogP contribution in [0.25, 0.3) is 11.0 Å². The Bertz CT molecular complexity index is 1480. The maximum absolute atomic E-state index is 13.3. The van der Waals surface area contributed by atoms with Crippen LogP contribution in [0.4, 0.5) is 10.7 Å². The summed E-state index contributed by atoms with van der Waals surface area (Å²) in [6, 6.07) is 6.51. The number of rotatable bonds is 5. The molecule has 5 rings (SSSR count). The Morgan fingerprint density at radius 2 is 1.98 bits per heavy atom. The number of imidazole rings is 1. The SMILES string of the molecule is Cc1cc(C(=O)Nc2nc3ccc(OC4CCNC4=O)c(Cl)c3n2[C@@H]2CCCCN(C(=O)OC(C)(C)C)C2)ccn1. The fourth-order valence-electron chi connectivity index (χ4n) is 5.18. The molecule has 12 heteroatoms. The summed E-state index contributed by atoms with van der Waals surface area (Å²) in [4.78, 5) is 49.2. The van der Waals surface area contributed by atoms with Crippen molar-refractivity contribution < 1.29 is 23.9 Å². The zero-order chi connectivity index (χ0) is 29.3. The number of carbonyl (C=O) groups is 3. The second-order valence-electron chi connectivity index (χ2n) is 11.5. The molecule has 2 aliphatic heterocycles. The van der Waals surface area contributed by atoms with Crippen molar-refractivity contribution in [3.63, 3.8) is 0 Å². The van der Waals surface area contributed by atoms with E-state index in [1.54, 1.807) is 35.4 Å². The first-order valence-corrected chi connectivity index (χ1v) is 14.2. The van der Waals surface area contributed by atoms with Crippen molar-refractivity contribution in [3.05, 3.63) is 46.7 Å². The summed E-state index contributed by atoms with van der Waals surface area (Å²) in [5, 5.41) is 6.01. The number of anilines is 1. The molecule has 4 heterocycles. The summed E-state index contributed by atoms with van der Waals surface area (Å²) in [7, 11) is 0. The summed E-state index contributed by atoms with van der Waals surface area (Å²) in [6.45, 7) is 8.75. The normalized spacial score (nSPS) is 19.5. The number of pyridine rings is 1. The average molecular weight is 583 g/mol. The van der Waals surface area contributed by atoms with Crippen LogP contribution in [0.15, 0.2) is 30.5 Å². The van der Waals surface area contributed by atoms with Crippen LogP contribution in [0, 0.1) is 6.92 Å². The Morgan fingerprint density at radius 1 is 1.17 bits per heavy atom. The van der Waals surface area contributed by atoms with Gasteiger partial charge in [0, 0.05) is 43.5 Å². The third-order valence-electron chi connectivity index (χ3n) is 7.07. The molecule has 2 aliphatic rings. The maximum Gasteiger partial charge on any atom is 0.410 e. The number of likely N-dealkylation sites (tertiary alicyclic amines) is 1. The minimum Gasteiger partial charge on any atom is -0.479 e. The number of nitrogens with zero attached hydrogens (tertiary/aromatic N) is 4. The summed E-state index contributed by atoms with van der Waals surface area (Å²) in [5.41, 5.74) is 1.62. The molecule has 0 spiro atoms. The van der Waals surface area contributed by atoms with Gasteiger partial charge in [-0.25, -0.2) is 9.78 Å². The number of amides is 3. The van der Waals surface area contributed by atoms with Gasteiger partial charge in [0.15, 0.2) is 6.10 Å². The Morgan fingerprint density at radius 3 is 2.68 bits per heavy atom. The van der Waals surface area contributed by atoms with E-state index in [4.69, 9.17) is 26.1 Å². The zero-order valence-corrected chi connectivity index (χ0v) is 24.5. The van der Waals surface area contributed by atoms with Crippen LogP contribution in [-0.2, 0) is 9.53 Å². The van der Waals surface area contributed by atoms with Gasteiger partial charge in [-0.1, -0.05) is 11.6 Å². The Kier molecular flexibility index (Phi) is 8.08. The predicted molar refractivity (Wildman–Crippen MR) is 154 cm³/mol. The van der Waals surface area contributed by atoms with Crippen molar-refractivity contribution in [2.24, 2.45) is 0 Å². The van der Waals surface area contributed by atoms with Gasteiger partial charge in [0.25, 0.3) is 11.8 Å². The molecular weight excluding hydrogens is 548 g/mol. The van der Waals surface area contributed by atoms with E-state index in [-0.39, 0.29) is 22.9 Å². The first-order chi connectivity index (χ1) is 19.5. The quantitative estimate of drug-likeness (QED) is 0.439. The van der Waals surface area contributed by atoms with Gasteiger partial charge < -0.3 is 24.3 Å². The summed E-state index contributed by atoms with van der Waals surface area (Å²) < 4.78 is 13.6. The largest absolute Gasteiger partial charge is 0.479 e. The number of ether oxygens (including phenoxy) is 2. The van der Waals surface area contributed by atoms with Gasteiger partial charge in [-0.3, -0.25) is 19.9 Å². The number of nitrogens with one attached hydrogen (secondary N) is 2. The highest BCUT2D eigenvalue weighted by molar-refractivity contribution is 6.36. The van der Waals surface area contributed by atoms with Gasteiger partial charge in [-0.2, -0.15) is 0 Å². The third-order valence-corrected chi connectivity index (χ3v) is 7.44. The highest BCUT2D eigenvalue weighted by Crippen LogP contribution is 2.39. The van der Waals surface area contributed by atoms with E-state index in [9.17, 15) is 14.4 Å².